The third kappa shape index (κ3) is 5.91. The van der Waals surface area contributed by atoms with E-state index in [4.69, 9.17) is 4.84 Å². The number of Topliss-reactive ketones (excluding diaryl/α,β-unsaturated/α-hetero) is 1. The second-order valence-corrected chi connectivity index (χ2v) is 11.6. The van der Waals surface area contributed by atoms with E-state index >= 15 is 0 Å². The number of aromatic nitrogens is 1. The lowest BCUT2D eigenvalue weighted by Gasteiger charge is -2.09. The van der Waals surface area contributed by atoms with Crippen molar-refractivity contribution in [3.05, 3.63) is 107 Å². The van der Waals surface area contributed by atoms with Gasteiger partial charge in [-0.15, -0.1) is 23.5 Å². The van der Waals surface area contributed by atoms with Crippen molar-refractivity contribution in [2.24, 2.45) is 5.16 Å². The molecule has 0 bridgehead atoms. The minimum atomic E-state index is -0.595. The Kier molecular flexibility index (Phi) is 8.94. The highest BCUT2D eigenvalue weighted by Gasteiger charge is 2.20. The molecule has 8 heteroatoms. The topological polar surface area (TPSA) is 77.7 Å². The molecule has 0 saturated carbocycles. The predicted octanol–water partition coefficient (Wildman–Crippen LogP) is 7.97. The minimum absolute atomic E-state index is 0.0435. The van der Waals surface area contributed by atoms with Gasteiger partial charge in [-0.2, -0.15) is 0 Å². The number of rotatable bonds is 10. The fraction of sp³-hybridized carbons (Fsp3) is 0.176. The normalized spacial score (nSPS) is 11.7. The van der Waals surface area contributed by atoms with Gasteiger partial charge in [0, 0.05) is 67.5 Å². The first-order valence-electron chi connectivity index (χ1n) is 13.5. The van der Waals surface area contributed by atoms with E-state index in [0.29, 0.717) is 16.7 Å². The predicted molar refractivity (Wildman–Crippen MR) is 172 cm³/mol. The fourth-order valence-electron chi connectivity index (χ4n) is 5.01. The maximum Gasteiger partial charge on any atom is 0.331 e. The lowest BCUT2D eigenvalue weighted by atomic mass is 9.97. The summed E-state index contributed by atoms with van der Waals surface area (Å²) in [6.45, 7) is 5.98. The molecule has 5 aromatic rings. The van der Waals surface area contributed by atoms with Crippen LogP contribution in [0.25, 0.3) is 21.8 Å². The number of hydrogen-bond acceptors (Lipinski definition) is 7. The van der Waals surface area contributed by atoms with E-state index in [0.717, 1.165) is 43.7 Å². The molecule has 0 amide bonds. The Morgan fingerprint density at radius 2 is 1.45 bits per heavy atom. The summed E-state index contributed by atoms with van der Waals surface area (Å²) in [6.07, 6.45) is 2.00. The molecule has 0 atom stereocenters. The smallest absolute Gasteiger partial charge is 0.331 e. The van der Waals surface area contributed by atoms with Gasteiger partial charge in [-0.05, 0) is 74.2 Å². The summed E-state index contributed by atoms with van der Waals surface area (Å²) in [5, 5.41) is 5.71. The van der Waals surface area contributed by atoms with Crippen LogP contribution in [0, 0.1) is 6.92 Å². The number of hydrogen-bond donors (Lipinski definition) is 0. The summed E-state index contributed by atoms with van der Waals surface area (Å²) in [6, 6.07) is 26.8. The van der Waals surface area contributed by atoms with Gasteiger partial charge in [-0.1, -0.05) is 41.6 Å². The third-order valence-electron chi connectivity index (χ3n) is 7.08. The standard InChI is InChI=1S/C34H30N2O4S2/c1-5-36-29-16-14-23(33(38)25-11-7-6-10-21(25)2)18-26(29)27-19-24(15-17-30(27)36)34(39)28(35-40-22(3)37)20-42-32-13-9-8-12-31(32)41-4/h6-19H,5,20H2,1-4H3. The number of ketones is 2. The molecule has 42 heavy (non-hydrogen) atoms. The molecule has 6 nitrogen and oxygen atoms in total. The van der Waals surface area contributed by atoms with E-state index in [9.17, 15) is 14.4 Å². The van der Waals surface area contributed by atoms with Crippen LogP contribution in [0.15, 0.2) is 99.9 Å². The second kappa shape index (κ2) is 12.8. The zero-order chi connectivity index (χ0) is 29.8. The van der Waals surface area contributed by atoms with Gasteiger partial charge < -0.3 is 9.40 Å². The third-order valence-corrected chi connectivity index (χ3v) is 9.08. The number of carbonyl (C=O) groups is 3. The van der Waals surface area contributed by atoms with E-state index in [1.807, 2.05) is 92.0 Å². The Morgan fingerprint density at radius 1 is 0.833 bits per heavy atom. The monoisotopic (exact) mass is 594 g/mol. The maximum atomic E-state index is 13.8. The van der Waals surface area contributed by atoms with Gasteiger partial charge in [0.15, 0.2) is 5.78 Å². The summed E-state index contributed by atoms with van der Waals surface area (Å²) < 4.78 is 2.17. The number of thioether (sulfide) groups is 2. The van der Waals surface area contributed by atoms with Crippen molar-refractivity contribution in [3.8, 4) is 0 Å². The van der Waals surface area contributed by atoms with Crippen LogP contribution >= 0.6 is 23.5 Å². The molecule has 0 aliphatic carbocycles. The SMILES string of the molecule is CCn1c2ccc(C(=O)C(CSc3ccccc3SC)=NOC(C)=O)cc2c2cc(C(=O)c3ccccc3C)ccc21. The van der Waals surface area contributed by atoms with E-state index in [-0.39, 0.29) is 23.0 Å². The molecular weight excluding hydrogens is 565 g/mol. The molecule has 212 valence electrons. The van der Waals surface area contributed by atoms with Crippen LogP contribution in [0.1, 0.15) is 45.7 Å². The van der Waals surface area contributed by atoms with Crippen LogP contribution in [0.2, 0.25) is 0 Å². The Hall–Kier alpha value is -4.14. The Bertz CT molecular complexity index is 1870. The molecule has 0 spiro atoms. The number of aryl methyl sites for hydroxylation is 2. The number of carbonyl (C=O) groups excluding carboxylic acids is 3. The molecule has 0 saturated heterocycles. The highest BCUT2D eigenvalue weighted by Crippen LogP contribution is 2.33. The van der Waals surface area contributed by atoms with Gasteiger partial charge in [0.2, 0.25) is 5.78 Å². The number of oxime groups is 1. The first-order chi connectivity index (χ1) is 20.3. The summed E-state index contributed by atoms with van der Waals surface area (Å²) in [4.78, 5) is 45.8. The van der Waals surface area contributed by atoms with Crippen LogP contribution < -0.4 is 0 Å². The first-order valence-corrected chi connectivity index (χ1v) is 15.7. The van der Waals surface area contributed by atoms with E-state index in [1.54, 1.807) is 17.8 Å². The summed E-state index contributed by atoms with van der Waals surface area (Å²) in [7, 11) is 0. The molecule has 0 unspecified atom stereocenters. The molecule has 5 rings (SSSR count). The van der Waals surface area contributed by atoms with Crippen molar-refractivity contribution in [1.29, 1.82) is 0 Å². The van der Waals surface area contributed by atoms with Crippen LogP contribution in [-0.4, -0.2) is 39.8 Å². The summed E-state index contributed by atoms with van der Waals surface area (Å²) >= 11 is 3.09. The van der Waals surface area contributed by atoms with Crippen molar-refractivity contribution < 1.29 is 19.2 Å². The van der Waals surface area contributed by atoms with Crippen molar-refractivity contribution in [2.45, 2.75) is 37.1 Å². The Morgan fingerprint density at radius 3 is 2.10 bits per heavy atom. The fourth-order valence-corrected chi connectivity index (χ4v) is 6.79. The van der Waals surface area contributed by atoms with Crippen LogP contribution in [-0.2, 0) is 16.2 Å². The zero-order valence-electron chi connectivity index (χ0n) is 23.8. The lowest BCUT2D eigenvalue weighted by Crippen LogP contribution is -2.18. The largest absolute Gasteiger partial charge is 0.341 e. The molecule has 1 aromatic heterocycles. The van der Waals surface area contributed by atoms with E-state index < -0.39 is 5.97 Å². The minimum Gasteiger partial charge on any atom is -0.341 e. The van der Waals surface area contributed by atoms with Crippen molar-refractivity contribution in [2.75, 3.05) is 12.0 Å². The van der Waals surface area contributed by atoms with Crippen LogP contribution in [0.4, 0.5) is 0 Å². The second-order valence-electron chi connectivity index (χ2n) is 9.74. The van der Waals surface area contributed by atoms with Gasteiger partial charge in [0.1, 0.15) is 5.71 Å². The molecular formula is C34H30N2O4S2. The van der Waals surface area contributed by atoms with Gasteiger partial charge in [0.05, 0.1) is 0 Å². The van der Waals surface area contributed by atoms with Crippen molar-refractivity contribution in [1.82, 2.24) is 4.57 Å². The van der Waals surface area contributed by atoms with Gasteiger partial charge >= 0.3 is 5.97 Å². The Labute approximate surface area is 253 Å². The molecule has 0 radical (unpaired) electrons. The van der Waals surface area contributed by atoms with E-state index in [1.165, 1.54) is 18.7 Å². The van der Waals surface area contributed by atoms with Gasteiger partial charge in [-0.3, -0.25) is 9.59 Å². The molecule has 1 heterocycles. The number of nitrogens with zero attached hydrogens (tertiary/aromatic N) is 2. The molecule has 0 N–H and O–H groups in total. The number of fused-ring (bicyclic) bond motifs is 3. The maximum absolute atomic E-state index is 13.8. The molecule has 0 fully saturated rings. The molecule has 4 aromatic carbocycles. The molecule has 0 aliphatic heterocycles. The van der Waals surface area contributed by atoms with Crippen molar-refractivity contribution >= 4 is 68.6 Å². The van der Waals surface area contributed by atoms with E-state index in [2.05, 4.69) is 16.6 Å². The highest BCUT2D eigenvalue weighted by atomic mass is 32.2. The lowest BCUT2D eigenvalue weighted by molar-refractivity contribution is -0.140. The van der Waals surface area contributed by atoms with Gasteiger partial charge in [-0.25, -0.2) is 4.79 Å². The zero-order valence-corrected chi connectivity index (χ0v) is 25.5. The van der Waals surface area contributed by atoms with Crippen molar-refractivity contribution in [3.63, 3.8) is 0 Å². The molecule has 0 aliphatic rings. The number of benzene rings is 4. The van der Waals surface area contributed by atoms with Crippen LogP contribution in [0.3, 0.4) is 0 Å². The first kappa shape index (κ1) is 29.4. The summed E-state index contributed by atoms with van der Waals surface area (Å²) in [5.74, 6) is -0.731. The summed E-state index contributed by atoms with van der Waals surface area (Å²) in [5.41, 5.74) is 4.69. The Balaban J connectivity index is 1.55. The quantitative estimate of drug-likeness (QED) is 0.0537. The van der Waals surface area contributed by atoms with Crippen LogP contribution in [0.5, 0.6) is 0 Å². The highest BCUT2D eigenvalue weighted by molar-refractivity contribution is 8.02. The van der Waals surface area contributed by atoms with Gasteiger partial charge in [0.25, 0.3) is 0 Å². The average molecular weight is 595 g/mol. The average Bonchev–Trinajstić information content (AvgIpc) is 3.32.